The number of nitrogens with zero attached hydrogens (tertiary/aromatic N) is 2. The van der Waals surface area contributed by atoms with E-state index in [1.807, 2.05) is 6.92 Å². The standard InChI is InChI=1S/C15H16F3N3/c1-3-19-14(13-8-9-20-10(2)21-13)11-6-4-5-7-12(11)15(16,17)18/h4-9,14,19H,3H2,1-2H3. The highest BCUT2D eigenvalue weighted by Gasteiger charge is 2.35. The molecule has 0 saturated heterocycles. The first-order chi connectivity index (χ1) is 9.93. The average molecular weight is 295 g/mol. The fourth-order valence-electron chi connectivity index (χ4n) is 2.22. The Morgan fingerprint density at radius 1 is 1.19 bits per heavy atom. The van der Waals surface area contributed by atoms with E-state index in [2.05, 4.69) is 15.3 Å². The SMILES string of the molecule is CCNC(c1ccnc(C)n1)c1ccccc1C(F)(F)F. The lowest BCUT2D eigenvalue weighted by atomic mass is 9.97. The molecule has 6 heteroatoms. The van der Waals surface area contributed by atoms with Crippen LogP contribution in [0, 0.1) is 6.92 Å². The molecule has 1 aromatic heterocycles. The summed E-state index contributed by atoms with van der Waals surface area (Å²) in [4.78, 5) is 8.24. The molecular weight excluding hydrogens is 279 g/mol. The van der Waals surface area contributed by atoms with Gasteiger partial charge in [0.15, 0.2) is 0 Å². The summed E-state index contributed by atoms with van der Waals surface area (Å²) in [5.41, 5.74) is 0.0539. The van der Waals surface area contributed by atoms with E-state index in [1.165, 1.54) is 12.1 Å². The molecule has 0 fully saturated rings. The molecule has 3 nitrogen and oxygen atoms in total. The van der Waals surface area contributed by atoms with Crippen molar-refractivity contribution < 1.29 is 13.2 Å². The van der Waals surface area contributed by atoms with Crippen LogP contribution in [0.4, 0.5) is 13.2 Å². The van der Waals surface area contributed by atoms with Crippen LogP contribution in [0.1, 0.15) is 35.6 Å². The molecule has 21 heavy (non-hydrogen) atoms. The first-order valence-corrected chi connectivity index (χ1v) is 6.62. The molecule has 2 rings (SSSR count). The fraction of sp³-hybridized carbons (Fsp3) is 0.333. The van der Waals surface area contributed by atoms with Crippen molar-refractivity contribution in [1.29, 1.82) is 0 Å². The van der Waals surface area contributed by atoms with Crippen molar-refractivity contribution in [3.63, 3.8) is 0 Å². The van der Waals surface area contributed by atoms with E-state index in [4.69, 9.17) is 0 Å². The summed E-state index contributed by atoms with van der Waals surface area (Å²) in [6.45, 7) is 4.08. The second-order valence-corrected chi connectivity index (χ2v) is 4.60. The van der Waals surface area contributed by atoms with Gasteiger partial charge in [0.1, 0.15) is 5.82 Å². The van der Waals surface area contributed by atoms with Crippen molar-refractivity contribution in [2.24, 2.45) is 0 Å². The lowest BCUT2D eigenvalue weighted by molar-refractivity contribution is -0.138. The molecule has 0 saturated carbocycles. The number of aryl methyl sites for hydroxylation is 1. The number of halogens is 3. The Hall–Kier alpha value is -1.95. The molecule has 112 valence electrons. The van der Waals surface area contributed by atoms with Gasteiger partial charge in [0.25, 0.3) is 0 Å². The Bertz CT molecular complexity index is 611. The van der Waals surface area contributed by atoms with Gasteiger partial charge in [-0.1, -0.05) is 25.1 Å². The van der Waals surface area contributed by atoms with Crippen molar-refractivity contribution >= 4 is 0 Å². The van der Waals surface area contributed by atoms with Crippen molar-refractivity contribution in [2.75, 3.05) is 6.54 Å². The molecule has 1 atom stereocenters. The van der Waals surface area contributed by atoms with Gasteiger partial charge in [-0.2, -0.15) is 13.2 Å². The second kappa shape index (κ2) is 6.22. The summed E-state index contributed by atoms with van der Waals surface area (Å²) in [6.07, 6.45) is -2.84. The van der Waals surface area contributed by atoms with Gasteiger partial charge in [-0.3, -0.25) is 0 Å². The maximum atomic E-state index is 13.2. The topological polar surface area (TPSA) is 37.8 Å². The first kappa shape index (κ1) is 15.4. The minimum absolute atomic E-state index is 0.171. The molecule has 0 spiro atoms. The molecule has 1 aromatic carbocycles. The van der Waals surface area contributed by atoms with Crippen molar-refractivity contribution in [1.82, 2.24) is 15.3 Å². The van der Waals surface area contributed by atoms with Gasteiger partial charge in [-0.25, -0.2) is 9.97 Å². The predicted molar refractivity (Wildman–Crippen MR) is 73.7 cm³/mol. The Morgan fingerprint density at radius 2 is 1.90 bits per heavy atom. The third-order valence-corrected chi connectivity index (χ3v) is 3.08. The summed E-state index contributed by atoms with van der Waals surface area (Å²) >= 11 is 0. The maximum absolute atomic E-state index is 13.2. The van der Waals surface area contributed by atoms with E-state index in [9.17, 15) is 13.2 Å². The van der Waals surface area contributed by atoms with Crippen LogP contribution in [-0.4, -0.2) is 16.5 Å². The van der Waals surface area contributed by atoms with Gasteiger partial charge in [0.05, 0.1) is 17.3 Å². The molecule has 0 aliphatic heterocycles. The third-order valence-electron chi connectivity index (χ3n) is 3.08. The molecule has 0 radical (unpaired) electrons. The monoisotopic (exact) mass is 295 g/mol. The Balaban J connectivity index is 2.54. The number of rotatable bonds is 4. The smallest absolute Gasteiger partial charge is 0.305 e. The van der Waals surface area contributed by atoms with Crippen LogP contribution in [-0.2, 0) is 6.18 Å². The minimum Gasteiger partial charge on any atom is -0.305 e. The van der Waals surface area contributed by atoms with Crippen molar-refractivity contribution in [2.45, 2.75) is 26.1 Å². The number of hydrogen-bond donors (Lipinski definition) is 1. The van der Waals surface area contributed by atoms with E-state index in [0.717, 1.165) is 6.07 Å². The Labute approximate surface area is 121 Å². The molecule has 0 bridgehead atoms. The van der Waals surface area contributed by atoms with Gasteiger partial charge < -0.3 is 5.32 Å². The van der Waals surface area contributed by atoms with Gasteiger partial charge in [0, 0.05) is 6.20 Å². The van der Waals surface area contributed by atoms with Crippen LogP contribution in [0.2, 0.25) is 0 Å². The van der Waals surface area contributed by atoms with Crippen molar-refractivity contribution in [3.05, 3.63) is 59.2 Å². The molecule has 1 heterocycles. The van der Waals surface area contributed by atoms with Crippen LogP contribution in [0.15, 0.2) is 36.5 Å². The zero-order valence-electron chi connectivity index (χ0n) is 11.8. The van der Waals surface area contributed by atoms with E-state index in [0.29, 0.717) is 18.1 Å². The summed E-state index contributed by atoms with van der Waals surface area (Å²) < 4.78 is 39.6. The van der Waals surface area contributed by atoms with E-state index in [-0.39, 0.29) is 5.56 Å². The van der Waals surface area contributed by atoms with Gasteiger partial charge >= 0.3 is 6.18 Å². The highest BCUT2D eigenvalue weighted by Crippen LogP contribution is 2.36. The van der Waals surface area contributed by atoms with E-state index < -0.39 is 17.8 Å². The number of aromatic nitrogens is 2. The zero-order chi connectivity index (χ0) is 15.5. The van der Waals surface area contributed by atoms with Crippen LogP contribution >= 0.6 is 0 Å². The molecule has 1 N–H and O–H groups in total. The van der Waals surface area contributed by atoms with Gasteiger partial charge in [-0.15, -0.1) is 0 Å². The van der Waals surface area contributed by atoms with Crippen LogP contribution < -0.4 is 5.32 Å². The third kappa shape index (κ3) is 3.58. The number of alkyl halides is 3. The molecule has 0 aliphatic carbocycles. The van der Waals surface area contributed by atoms with Crippen LogP contribution in [0.5, 0.6) is 0 Å². The number of benzene rings is 1. The van der Waals surface area contributed by atoms with Crippen molar-refractivity contribution in [3.8, 4) is 0 Å². The average Bonchev–Trinajstić information content (AvgIpc) is 2.44. The van der Waals surface area contributed by atoms with E-state index in [1.54, 1.807) is 25.3 Å². The highest BCUT2D eigenvalue weighted by atomic mass is 19.4. The fourth-order valence-corrected chi connectivity index (χ4v) is 2.22. The number of nitrogens with one attached hydrogen (secondary N) is 1. The van der Waals surface area contributed by atoms with Gasteiger partial charge in [0.2, 0.25) is 0 Å². The normalized spacial score (nSPS) is 13.2. The lowest BCUT2D eigenvalue weighted by Crippen LogP contribution is -2.26. The minimum atomic E-state index is -4.40. The second-order valence-electron chi connectivity index (χ2n) is 4.60. The van der Waals surface area contributed by atoms with Crippen LogP contribution in [0.3, 0.4) is 0 Å². The molecule has 0 amide bonds. The summed E-state index contributed by atoms with van der Waals surface area (Å²) in [5, 5.41) is 3.06. The molecule has 0 aliphatic rings. The number of hydrogen-bond acceptors (Lipinski definition) is 3. The first-order valence-electron chi connectivity index (χ1n) is 6.62. The largest absolute Gasteiger partial charge is 0.416 e. The quantitative estimate of drug-likeness (QED) is 0.938. The molecular formula is C15H16F3N3. The Kier molecular flexibility index (Phi) is 4.57. The van der Waals surface area contributed by atoms with Gasteiger partial charge in [-0.05, 0) is 31.2 Å². The highest BCUT2D eigenvalue weighted by molar-refractivity contribution is 5.36. The molecule has 2 aromatic rings. The van der Waals surface area contributed by atoms with E-state index >= 15 is 0 Å². The maximum Gasteiger partial charge on any atom is 0.416 e. The molecule has 1 unspecified atom stereocenters. The Morgan fingerprint density at radius 3 is 2.52 bits per heavy atom. The zero-order valence-corrected chi connectivity index (χ0v) is 11.8. The summed E-state index contributed by atoms with van der Waals surface area (Å²) in [7, 11) is 0. The lowest BCUT2D eigenvalue weighted by Gasteiger charge is -2.22. The summed E-state index contributed by atoms with van der Waals surface area (Å²) in [6, 6.07) is 6.58. The summed E-state index contributed by atoms with van der Waals surface area (Å²) in [5.74, 6) is 0.528. The van der Waals surface area contributed by atoms with Crippen LogP contribution in [0.25, 0.3) is 0 Å². The predicted octanol–water partition coefficient (Wildman–Crippen LogP) is 3.50.